The molecule has 262 valence electrons. The number of benzene rings is 3. The number of methoxy groups -OCH3 is 2. The van der Waals surface area contributed by atoms with Crippen molar-refractivity contribution in [1.82, 2.24) is 9.80 Å². The number of carbonyl (C=O) groups is 2. The van der Waals surface area contributed by atoms with E-state index in [1.165, 1.54) is 10.5 Å². The molecule has 4 aliphatic rings. The SMILES string of the molecule is COc1cc2c(cc1OCCCOc1cc3c(cc1OC)C(=O)N1C=C(c4cccs4)C[C@H]1CN3)NC[C@@H]1CC(c3ccc(N)cc3)=CN1C2=O. The lowest BCUT2D eigenvalue weighted by Gasteiger charge is -2.20. The largest absolute Gasteiger partial charge is 0.493 e. The van der Waals surface area contributed by atoms with Crippen LogP contribution in [-0.4, -0.2) is 74.2 Å². The van der Waals surface area contributed by atoms with Crippen LogP contribution in [0, 0.1) is 0 Å². The van der Waals surface area contributed by atoms with Gasteiger partial charge in [-0.2, -0.15) is 0 Å². The van der Waals surface area contributed by atoms with Crippen LogP contribution in [0.4, 0.5) is 17.1 Å². The number of ether oxygens (including phenoxy) is 4. The molecule has 0 spiro atoms. The Morgan fingerprint density at radius 3 is 1.82 bits per heavy atom. The van der Waals surface area contributed by atoms with Crippen LogP contribution in [0.5, 0.6) is 23.0 Å². The molecular formula is C39H39N5O6S. The molecular weight excluding hydrogens is 667 g/mol. The first-order chi connectivity index (χ1) is 24.9. The van der Waals surface area contributed by atoms with Crippen LogP contribution in [0.3, 0.4) is 0 Å². The summed E-state index contributed by atoms with van der Waals surface area (Å²) in [5.41, 5.74) is 12.4. The van der Waals surface area contributed by atoms with E-state index >= 15 is 0 Å². The first-order valence-corrected chi connectivity index (χ1v) is 17.9. The lowest BCUT2D eigenvalue weighted by atomic mass is 10.0. The van der Waals surface area contributed by atoms with E-state index in [1.807, 2.05) is 64.7 Å². The first kappa shape index (κ1) is 32.6. The van der Waals surface area contributed by atoms with Gasteiger partial charge in [-0.3, -0.25) is 9.59 Å². The maximum absolute atomic E-state index is 13.7. The lowest BCUT2D eigenvalue weighted by Crippen LogP contribution is -2.34. The smallest absolute Gasteiger partial charge is 0.260 e. The van der Waals surface area contributed by atoms with Crippen LogP contribution in [0.1, 0.15) is 50.4 Å². The Bertz CT molecular complexity index is 2040. The van der Waals surface area contributed by atoms with Gasteiger partial charge >= 0.3 is 0 Å². The molecule has 51 heavy (non-hydrogen) atoms. The summed E-state index contributed by atoms with van der Waals surface area (Å²) in [5, 5.41) is 8.99. The van der Waals surface area contributed by atoms with Crippen LogP contribution >= 0.6 is 11.3 Å². The number of hydrogen-bond acceptors (Lipinski definition) is 10. The molecule has 0 fully saturated rings. The second-order valence-electron chi connectivity index (χ2n) is 13.0. The zero-order chi connectivity index (χ0) is 35.1. The third kappa shape index (κ3) is 6.20. The molecule has 4 aliphatic heterocycles. The molecule has 2 atom stereocenters. The predicted molar refractivity (Wildman–Crippen MR) is 199 cm³/mol. The fraction of sp³-hybridized carbons (Fsp3) is 0.282. The molecule has 0 bridgehead atoms. The van der Waals surface area contributed by atoms with E-state index in [1.54, 1.807) is 37.7 Å². The number of hydrogen-bond donors (Lipinski definition) is 3. The van der Waals surface area contributed by atoms with E-state index < -0.39 is 0 Å². The van der Waals surface area contributed by atoms with Gasteiger partial charge in [0.15, 0.2) is 23.0 Å². The van der Waals surface area contributed by atoms with Crippen LogP contribution in [0.15, 0.2) is 78.4 Å². The molecule has 11 nitrogen and oxygen atoms in total. The first-order valence-electron chi connectivity index (χ1n) is 17.0. The average Bonchev–Trinajstić information content (AvgIpc) is 3.90. The van der Waals surface area contributed by atoms with Gasteiger partial charge in [-0.1, -0.05) is 18.2 Å². The molecule has 2 amide bonds. The van der Waals surface area contributed by atoms with Crippen molar-refractivity contribution in [2.24, 2.45) is 0 Å². The Hall–Kier alpha value is -5.62. The van der Waals surface area contributed by atoms with Gasteiger partial charge in [0.1, 0.15) is 0 Å². The summed E-state index contributed by atoms with van der Waals surface area (Å²) >= 11 is 1.69. The normalized spacial score (nSPS) is 18.9. The van der Waals surface area contributed by atoms with Crippen LogP contribution < -0.4 is 35.3 Å². The summed E-state index contributed by atoms with van der Waals surface area (Å²) in [6.07, 6.45) is 6.05. The summed E-state index contributed by atoms with van der Waals surface area (Å²) in [7, 11) is 3.14. The Morgan fingerprint density at radius 2 is 1.29 bits per heavy atom. The molecule has 0 unspecified atom stereocenters. The zero-order valence-corrected chi connectivity index (χ0v) is 29.3. The molecule has 0 aliphatic carbocycles. The van der Waals surface area contributed by atoms with E-state index in [0.29, 0.717) is 78.2 Å². The third-order valence-corrected chi connectivity index (χ3v) is 10.7. The lowest BCUT2D eigenvalue weighted by molar-refractivity contribution is 0.0788. The number of carbonyl (C=O) groups excluding carboxylic acids is 2. The summed E-state index contributed by atoms with van der Waals surface area (Å²) in [5.74, 6) is 1.91. The van der Waals surface area contributed by atoms with Gasteiger partial charge in [-0.15, -0.1) is 11.3 Å². The highest BCUT2D eigenvalue weighted by atomic mass is 32.1. The van der Waals surface area contributed by atoms with Crippen molar-refractivity contribution in [1.29, 1.82) is 0 Å². The number of nitrogens with one attached hydrogen (secondary N) is 2. The Labute approximate surface area is 300 Å². The fourth-order valence-electron chi connectivity index (χ4n) is 7.13. The molecule has 5 heterocycles. The number of anilines is 3. The van der Waals surface area contributed by atoms with Crippen molar-refractivity contribution < 1.29 is 28.5 Å². The van der Waals surface area contributed by atoms with Crippen molar-refractivity contribution in [2.45, 2.75) is 31.3 Å². The maximum Gasteiger partial charge on any atom is 0.260 e. The molecule has 1 aromatic heterocycles. The number of nitrogens with zero attached hydrogens (tertiary/aromatic N) is 2. The molecule has 0 saturated carbocycles. The van der Waals surface area contributed by atoms with Gasteiger partial charge in [0.25, 0.3) is 11.8 Å². The standard InChI is InChI=1S/C39H39N5O6S/c1-47-33-15-29-31(41-19-27-13-24(21-43(27)38(29)45)23-6-8-26(40)9-7-23)17-35(33)49-10-4-11-50-36-18-32-30(16-34(36)48-2)39(46)44-22-25(14-28(44)20-42-32)37-5-3-12-51-37/h3,5-9,12,15-18,21-22,27-28,41-42H,4,10-11,13-14,19-20,40H2,1-2H3/t27-,28-/m0/s1. The monoisotopic (exact) mass is 705 g/mol. The Morgan fingerprint density at radius 1 is 0.745 bits per heavy atom. The highest BCUT2D eigenvalue weighted by Gasteiger charge is 2.36. The van der Waals surface area contributed by atoms with Gasteiger partial charge < -0.3 is 45.1 Å². The molecule has 0 saturated heterocycles. The number of fused-ring (bicyclic) bond motifs is 4. The number of nitrogens with two attached hydrogens (primary N) is 1. The van der Waals surface area contributed by atoms with Crippen LogP contribution in [-0.2, 0) is 0 Å². The molecule has 8 rings (SSSR count). The highest BCUT2D eigenvalue weighted by Crippen LogP contribution is 2.41. The summed E-state index contributed by atoms with van der Waals surface area (Å²) < 4.78 is 23.6. The summed E-state index contributed by atoms with van der Waals surface area (Å²) in [6, 6.07) is 19.1. The van der Waals surface area contributed by atoms with E-state index in [-0.39, 0.29) is 23.9 Å². The molecule has 12 heteroatoms. The highest BCUT2D eigenvalue weighted by molar-refractivity contribution is 7.11. The quantitative estimate of drug-likeness (QED) is 0.124. The fourth-order valence-corrected chi connectivity index (χ4v) is 7.88. The summed E-state index contributed by atoms with van der Waals surface area (Å²) in [6.45, 7) is 1.94. The van der Waals surface area contributed by atoms with Gasteiger partial charge in [0, 0.05) is 54.6 Å². The maximum atomic E-state index is 13.7. The van der Waals surface area contributed by atoms with E-state index in [0.717, 1.165) is 29.7 Å². The Balaban J connectivity index is 0.907. The van der Waals surface area contributed by atoms with Crippen LogP contribution in [0.25, 0.3) is 11.1 Å². The minimum atomic E-state index is -0.0884. The third-order valence-electron chi connectivity index (χ3n) is 9.80. The van der Waals surface area contributed by atoms with Gasteiger partial charge in [0.05, 0.1) is 62.0 Å². The predicted octanol–water partition coefficient (Wildman–Crippen LogP) is 6.56. The minimum absolute atomic E-state index is 0.0125. The second kappa shape index (κ2) is 13.6. The van der Waals surface area contributed by atoms with Crippen molar-refractivity contribution in [3.8, 4) is 23.0 Å². The van der Waals surface area contributed by atoms with Crippen LogP contribution in [0.2, 0.25) is 0 Å². The average molecular weight is 706 g/mol. The van der Waals surface area contributed by atoms with Gasteiger partial charge in [-0.05, 0) is 65.3 Å². The topological polar surface area (TPSA) is 128 Å². The van der Waals surface area contributed by atoms with Crippen molar-refractivity contribution in [2.75, 3.05) is 56.9 Å². The van der Waals surface area contributed by atoms with Crippen molar-refractivity contribution in [3.63, 3.8) is 0 Å². The zero-order valence-electron chi connectivity index (χ0n) is 28.4. The van der Waals surface area contributed by atoms with E-state index in [9.17, 15) is 9.59 Å². The Kier molecular flexibility index (Phi) is 8.68. The van der Waals surface area contributed by atoms with E-state index in [2.05, 4.69) is 22.1 Å². The number of nitrogen functional groups attached to an aromatic ring is 1. The number of rotatable bonds is 10. The van der Waals surface area contributed by atoms with Crippen molar-refractivity contribution >= 4 is 51.4 Å². The second-order valence-corrected chi connectivity index (χ2v) is 13.9. The number of amides is 2. The minimum Gasteiger partial charge on any atom is -0.493 e. The summed E-state index contributed by atoms with van der Waals surface area (Å²) in [4.78, 5) is 32.2. The number of thiophene rings is 1. The molecule has 3 aromatic carbocycles. The molecule has 0 radical (unpaired) electrons. The van der Waals surface area contributed by atoms with E-state index in [4.69, 9.17) is 24.7 Å². The van der Waals surface area contributed by atoms with Gasteiger partial charge in [-0.25, -0.2) is 0 Å². The van der Waals surface area contributed by atoms with Crippen molar-refractivity contribution in [3.05, 3.63) is 100 Å². The molecule has 4 N–H and O–H groups in total. The molecule has 4 aromatic rings. The van der Waals surface area contributed by atoms with Gasteiger partial charge in [0.2, 0.25) is 0 Å².